The van der Waals surface area contributed by atoms with Crippen molar-refractivity contribution in [2.75, 3.05) is 26.7 Å². The van der Waals surface area contributed by atoms with E-state index in [1.165, 1.54) is 25.3 Å². The summed E-state index contributed by atoms with van der Waals surface area (Å²) in [6.07, 6.45) is 2.20. The van der Waals surface area contributed by atoms with Crippen LogP contribution in [0.4, 0.5) is 5.69 Å². The average Bonchev–Trinajstić information content (AvgIpc) is 3.06. The van der Waals surface area contributed by atoms with Gasteiger partial charge >= 0.3 is 0 Å². The Bertz CT molecular complexity index is 838. The smallest absolute Gasteiger partial charge is 0.287 e. The molecule has 2 bridgehead atoms. The lowest BCUT2D eigenvalue weighted by Crippen LogP contribution is -2.57. The zero-order valence-electron chi connectivity index (χ0n) is 13.9. The summed E-state index contributed by atoms with van der Waals surface area (Å²) < 4.78 is 10.8. The fraction of sp³-hybridized carbons (Fsp3) is 0.471. The van der Waals surface area contributed by atoms with Gasteiger partial charge in [-0.25, -0.2) is 0 Å². The number of amides is 1. The highest BCUT2D eigenvalue weighted by Gasteiger charge is 2.35. The van der Waals surface area contributed by atoms with E-state index in [0.717, 1.165) is 32.5 Å². The number of nitrogens with one attached hydrogen (secondary N) is 1. The van der Waals surface area contributed by atoms with E-state index in [1.807, 2.05) is 0 Å². The van der Waals surface area contributed by atoms with E-state index in [-0.39, 0.29) is 29.1 Å². The summed E-state index contributed by atoms with van der Waals surface area (Å²) in [5.41, 5.74) is 0.238. The number of non-ortho nitro benzene ring substituents is 1. The summed E-state index contributed by atoms with van der Waals surface area (Å²) in [4.78, 5) is 25.5. The Morgan fingerprint density at radius 1 is 1.36 bits per heavy atom. The third kappa shape index (κ3) is 2.82. The molecule has 4 heterocycles. The maximum absolute atomic E-state index is 12.6. The van der Waals surface area contributed by atoms with Gasteiger partial charge in [-0.05, 0) is 37.9 Å². The summed E-state index contributed by atoms with van der Waals surface area (Å²) in [5.74, 6) is 0.602. The van der Waals surface area contributed by atoms with Crippen LogP contribution in [-0.2, 0) is 0 Å². The molecule has 1 aromatic heterocycles. The molecule has 1 aromatic carbocycles. The number of furan rings is 1. The van der Waals surface area contributed by atoms with Crippen molar-refractivity contribution in [2.45, 2.75) is 18.9 Å². The van der Waals surface area contributed by atoms with Crippen molar-refractivity contribution in [3.05, 3.63) is 34.1 Å². The van der Waals surface area contributed by atoms with Gasteiger partial charge in [0.15, 0.2) is 17.1 Å². The Labute approximate surface area is 143 Å². The molecule has 3 aliphatic heterocycles. The second kappa shape index (κ2) is 6.03. The standard InChI is InChI=1S/C17H19N3O5/c1-24-14-8-12(20(22)23)6-11-7-15(25-16(11)14)17(21)18-13-9-19-4-2-10(13)3-5-19/h6-8,10,13H,2-5,9H2,1H3,(H,18,21). The Balaban J connectivity index is 1.60. The van der Waals surface area contributed by atoms with Crippen molar-refractivity contribution < 1.29 is 18.9 Å². The van der Waals surface area contributed by atoms with Crippen LogP contribution in [0, 0.1) is 16.0 Å². The Morgan fingerprint density at radius 3 is 2.72 bits per heavy atom. The van der Waals surface area contributed by atoms with Crippen LogP contribution < -0.4 is 10.1 Å². The van der Waals surface area contributed by atoms with Gasteiger partial charge in [0, 0.05) is 24.0 Å². The number of nitro benzene ring substituents is 1. The molecule has 0 radical (unpaired) electrons. The molecule has 1 N–H and O–H groups in total. The van der Waals surface area contributed by atoms with Crippen LogP contribution in [0.3, 0.4) is 0 Å². The van der Waals surface area contributed by atoms with Crippen molar-refractivity contribution in [2.24, 2.45) is 5.92 Å². The SMILES string of the molecule is COc1cc([N+](=O)[O-])cc2cc(C(=O)NC3CN4CCC3CC4)oc12. The third-order valence-electron chi connectivity index (χ3n) is 5.19. The first-order chi connectivity index (χ1) is 12.0. The van der Waals surface area contributed by atoms with Gasteiger partial charge in [0.1, 0.15) is 0 Å². The molecular formula is C17H19N3O5. The molecule has 8 nitrogen and oxygen atoms in total. The number of nitrogens with zero attached hydrogens (tertiary/aromatic N) is 2. The van der Waals surface area contributed by atoms with Gasteiger partial charge in [-0.15, -0.1) is 0 Å². The maximum atomic E-state index is 12.6. The topological polar surface area (TPSA) is 97.8 Å². The summed E-state index contributed by atoms with van der Waals surface area (Å²) in [7, 11) is 1.41. The monoisotopic (exact) mass is 345 g/mol. The number of hydrogen-bond acceptors (Lipinski definition) is 6. The summed E-state index contributed by atoms with van der Waals surface area (Å²) in [6, 6.07) is 4.33. The highest BCUT2D eigenvalue weighted by Crippen LogP contribution is 2.34. The van der Waals surface area contributed by atoms with Crippen molar-refractivity contribution in [3.8, 4) is 5.75 Å². The lowest BCUT2D eigenvalue weighted by Gasteiger charge is -2.44. The zero-order valence-corrected chi connectivity index (χ0v) is 13.9. The van der Waals surface area contributed by atoms with Gasteiger partial charge in [0.2, 0.25) is 0 Å². The first-order valence-electron chi connectivity index (χ1n) is 8.34. The highest BCUT2D eigenvalue weighted by atomic mass is 16.6. The zero-order chi connectivity index (χ0) is 17.6. The van der Waals surface area contributed by atoms with Crippen LogP contribution in [0.15, 0.2) is 22.6 Å². The van der Waals surface area contributed by atoms with Crippen LogP contribution in [-0.4, -0.2) is 48.5 Å². The quantitative estimate of drug-likeness (QED) is 0.674. The number of rotatable bonds is 4. The van der Waals surface area contributed by atoms with Crippen LogP contribution in [0.1, 0.15) is 23.4 Å². The molecule has 0 saturated carbocycles. The maximum Gasteiger partial charge on any atom is 0.287 e. The molecule has 1 amide bonds. The number of carbonyl (C=O) groups excluding carboxylic acids is 1. The minimum Gasteiger partial charge on any atom is -0.493 e. The molecule has 2 aromatic rings. The minimum atomic E-state index is -0.498. The van der Waals surface area contributed by atoms with Crippen molar-refractivity contribution >= 4 is 22.6 Å². The number of nitro groups is 1. The van der Waals surface area contributed by atoms with E-state index in [0.29, 0.717) is 16.9 Å². The predicted molar refractivity (Wildman–Crippen MR) is 89.8 cm³/mol. The van der Waals surface area contributed by atoms with E-state index in [1.54, 1.807) is 0 Å². The summed E-state index contributed by atoms with van der Waals surface area (Å²) >= 11 is 0. The molecule has 25 heavy (non-hydrogen) atoms. The van der Waals surface area contributed by atoms with Crippen molar-refractivity contribution in [1.82, 2.24) is 10.2 Å². The van der Waals surface area contributed by atoms with Crippen molar-refractivity contribution in [1.29, 1.82) is 0 Å². The fourth-order valence-electron chi connectivity index (χ4n) is 3.84. The average molecular weight is 345 g/mol. The van der Waals surface area contributed by atoms with E-state index in [4.69, 9.17) is 9.15 Å². The Hall–Kier alpha value is -2.61. The van der Waals surface area contributed by atoms with Gasteiger partial charge in [-0.3, -0.25) is 14.9 Å². The van der Waals surface area contributed by atoms with Gasteiger partial charge in [0.05, 0.1) is 18.1 Å². The predicted octanol–water partition coefficient (Wildman–Crippen LogP) is 2.17. The lowest BCUT2D eigenvalue weighted by molar-refractivity contribution is -0.384. The molecule has 1 atom stereocenters. The normalized spacial score (nSPS) is 25.1. The van der Waals surface area contributed by atoms with Crippen molar-refractivity contribution in [3.63, 3.8) is 0 Å². The third-order valence-corrected chi connectivity index (χ3v) is 5.19. The van der Waals surface area contributed by atoms with Gasteiger partial charge in [-0.2, -0.15) is 0 Å². The van der Waals surface area contributed by atoms with Gasteiger partial charge < -0.3 is 19.4 Å². The molecule has 5 rings (SSSR count). The van der Waals surface area contributed by atoms with E-state index in [9.17, 15) is 14.9 Å². The highest BCUT2D eigenvalue weighted by molar-refractivity contribution is 5.98. The Kier molecular flexibility index (Phi) is 3.84. The fourth-order valence-corrected chi connectivity index (χ4v) is 3.84. The molecule has 132 valence electrons. The first kappa shape index (κ1) is 15.9. The van der Waals surface area contributed by atoms with Crippen LogP contribution in [0.2, 0.25) is 0 Å². The van der Waals surface area contributed by atoms with Crippen LogP contribution in [0.25, 0.3) is 11.0 Å². The molecule has 3 fully saturated rings. The molecular weight excluding hydrogens is 326 g/mol. The van der Waals surface area contributed by atoms with Crippen LogP contribution >= 0.6 is 0 Å². The number of piperidine rings is 3. The molecule has 0 spiro atoms. The number of methoxy groups -OCH3 is 1. The van der Waals surface area contributed by atoms with Gasteiger partial charge in [0.25, 0.3) is 11.6 Å². The van der Waals surface area contributed by atoms with E-state index >= 15 is 0 Å². The van der Waals surface area contributed by atoms with Gasteiger partial charge in [-0.1, -0.05) is 0 Å². The second-order valence-electron chi connectivity index (χ2n) is 6.65. The Morgan fingerprint density at radius 2 is 2.12 bits per heavy atom. The lowest BCUT2D eigenvalue weighted by atomic mass is 9.84. The number of ether oxygens (including phenoxy) is 1. The number of hydrogen-bond donors (Lipinski definition) is 1. The largest absolute Gasteiger partial charge is 0.493 e. The number of benzene rings is 1. The molecule has 1 unspecified atom stereocenters. The number of carbonyl (C=O) groups is 1. The van der Waals surface area contributed by atoms with E-state index in [2.05, 4.69) is 10.2 Å². The summed E-state index contributed by atoms with van der Waals surface area (Å²) in [5, 5.41) is 14.6. The van der Waals surface area contributed by atoms with E-state index < -0.39 is 4.92 Å². The first-order valence-corrected chi connectivity index (χ1v) is 8.34. The number of fused-ring (bicyclic) bond motifs is 4. The molecule has 8 heteroatoms. The second-order valence-corrected chi connectivity index (χ2v) is 6.65. The molecule has 0 aliphatic carbocycles. The van der Waals surface area contributed by atoms with Crippen LogP contribution in [0.5, 0.6) is 5.75 Å². The molecule has 3 saturated heterocycles. The summed E-state index contributed by atoms with van der Waals surface area (Å²) in [6.45, 7) is 3.07. The molecule has 3 aliphatic rings. The minimum absolute atomic E-state index is 0.102.